The number of hydrogen-bond acceptors (Lipinski definition) is 3. The fraction of sp³-hybridized carbons (Fsp3) is 0.381. The van der Waals surface area contributed by atoms with E-state index in [1.54, 1.807) is 7.11 Å². The van der Waals surface area contributed by atoms with Crippen molar-refractivity contribution in [3.05, 3.63) is 65.7 Å². The number of benzene rings is 2. The molecule has 2 atom stereocenters. The SMILES string of the molecule is COc1cccc(C2CCCN2CC(=O)NC(C)c2ccccc2)c1. The number of rotatable bonds is 6. The van der Waals surface area contributed by atoms with Crippen molar-refractivity contribution in [3.63, 3.8) is 0 Å². The molecule has 2 aromatic carbocycles. The molecule has 1 aliphatic rings. The molecule has 4 nitrogen and oxygen atoms in total. The lowest BCUT2D eigenvalue weighted by molar-refractivity contribution is -0.123. The second-order valence-electron chi connectivity index (χ2n) is 6.61. The highest BCUT2D eigenvalue weighted by atomic mass is 16.5. The Morgan fingerprint density at radius 1 is 1.24 bits per heavy atom. The van der Waals surface area contributed by atoms with Crippen LogP contribution < -0.4 is 10.1 Å². The van der Waals surface area contributed by atoms with Crippen molar-refractivity contribution in [2.45, 2.75) is 31.8 Å². The summed E-state index contributed by atoms with van der Waals surface area (Å²) in [6.07, 6.45) is 2.19. The van der Waals surface area contributed by atoms with Gasteiger partial charge >= 0.3 is 0 Å². The van der Waals surface area contributed by atoms with E-state index in [4.69, 9.17) is 4.74 Å². The summed E-state index contributed by atoms with van der Waals surface area (Å²) in [4.78, 5) is 14.8. The lowest BCUT2D eigenvalue weighted by Crippen LogP contribution is -2.38. The normalized spacial score (nSPS) is 18.7. The van der Waals surface area contributed by atoms with E-state index in [0.29, 0.717) is 6.54 Å². The van der Waals surface area contributed by atoms with Crippen LogP contribution in [0.5, 0.6) is 5.75 Å². The van der Waals surface area contributed by atoms with Gasteiger partial charge in [-0.05, 0) is 49.6 Å². The minimum Gasteiger partial charge on any atom is -0.497 e. The summed E-state index contributed by atoms with van der Waals surface area (Å²) in [7, 11) is 1.68. The first kappa shape index (κ1) is 17.5. The van der Waals surface area contributed by atoms with Gasteiger partial charge in [-0.2, -0.15) is 0 Å². The van der Waals surface area contributed by atoms with E-state index >= 15 is 0 Å². The Labute approximate surface area is 149 Å². The first-order valence-electron chi connectivity index (χ1n) is 8.89. The second kappa shape index (κ2) is 8.17. The third-order valence-electron chi connectivity index (χ3n) is 4.87. The molecule has 2 aromatic rings. The number of hydrogen-bond donors (Lipinski definition) is 1. The van der Waals surface area contributed by atoms with Crippen LogP contribution in [0.3, 0.4) is 0 Å². The van der Waals surface area contributed by atoms with Crippen LogP contribution in [-0.2, 0) is 4.79 Å². The second-order valence-corrected chi connectivity index (χ2v) is 6.61. The standard InChI is InChI=1S/C21H26N2O2/c1-16(17-8-4-3-5-9-17)22-21(24)15-23-13-7-12-20(23)18-10-6-11-19(14-18)25-2/h3-6,8-11,14,16,20H,7,12-13,15H2,1-2H3,(H,22,24). The third kappa shape index (κ3) is 4.40. The quantitative estimate of drug-likeness (QED) is 0.873. The van der Waals surface area contributed by atoms with Gasteiger partial charge in [-0.15, -0.1) is 0 Å². The Bertz CT molecular complexity index is 702. The fourth-order valence-corrected chi connectivity index (χ4v) is 3.54. The molecule has 0 radical (unpaired) electrons. The molecule has 1 saturated heterocycles. The molecular formula is C21H26N2O2. The van der Waals surface area contributed by atoms with Crippen LogP contribution in [-0.4, -0.2) is 31.0 Å². The maximum Gasteiger partial charge on any atom is 0.234 e. The zero-order chi connectivity index (χ0) is 17.6. The minimum absolute atomic E-state index is 0.0200. The molecule has 0 saturated carbocycles. The molecule has 1 fully saturated rings. The van der Waals surface area contributed by atoms with E-state index in [9.17, 15) is 4.79 Å². The van der Waals surface area contributed by atoms with Crippen LogP contribution in [0.25, 0.3) is 0 Å². The highest BCUT2D eigenvalue weighted by molar-refractivity contribution is 5.78. The van der Waals surface area contributed by atoms with Gasteiger partial charge in [0.2, 0.25) is 5.91 Å². The van der Waals surface area contributed by atoms with E-state index in [1.165, 1.54) is 5.56 Å². The summed E-state index contributed by atoms with van der Waals surface area (Å²) in [6.45, 7) is 3.41. The number of methoxy groups -OCH3 is 1. The van der Waals surface area contributed by atoms with E-state index in [2.05, 4.69) is 22.3 Å². The average molecular weight is 338 g/mol. The maximum atomic E-state index is 12.5. The van der Waals surface area contributed by atoms with E-state index < -0.39 is 0 Å². The third-order valence-corrected chi connectivity index (χ3v) is 4.87. The van der Waals surface area contributed by atoms with Crippen LogP contribution in [0.1, 0.15) is 43.0 Å². The van der Waals surface area contributed by atoms with Crippen LogP contribution >= 0.6 is 0 Å². The van der Waals surface area contributed by atoms with Crippen molar-refractivity contribution >= 4 is 5.91 Å². The number of amides is 1. The summed E-state index contributed by atoms with van der Waals surface area (Å²) in [5.74, 6) is 0.942. The van der Waals surface area contributed by atoms with Gasteiger partial charge in [-0.25, -0.2) is 0 Å². The molecule has 4 heteroatoms. The lowest BCUT2D eigenvalue weighted by atomic mass is 10.0. The van der Waals surface area contributed by atoms with Crippen LogP contribution in [0.15, 0.2) is 54.6 Å². The van der Waals surface area contributed by atoms with Crippen LogP contribution in [0.4, 0.5) is 0 Å². The highest BCUT2D eigenvalue weighted by Crippen LogP contribution is 2.33. The molecule has 1 aliphatic heterocycles. The monoisotopic (exact) mass is 338 g/mol. The Morgan fingerprint density at radius 2 is 2.04 bits per heavy atom. The fourth-order valence-electron chi connectivity index (χ4n) is 3.54. The number of carbonyl (C=O) groups is 1. The van der Waals surface area contributed by atoms with Crippen molar-refractivity contribution in [2.24, 2.45) is 0 Å². The summed E-state index contributed by atoms with van der Waals surface area (Å²) in [5.41, 5.74) is 2.35. The first-order valence-corrected chi connectivity index (χ1v) is 8.89. The number of ether oxygens (including phenoxy) is 1. The largest absolute Gasteiger partial charge is 0.497 e. The molecule has 0 spiro atoms. The predicted molar refractivity (Wildman–Crippen MR) is 99.5 cm³/mol. The summed E-state index contributed by atoms with van der Waals surface area (Å²) in [6, 6.07) is 18.5. The van der Waals surface area contributed by atoms with E-state index in [0.717, 1.165) is 30.7 Å². The van der Waals surface area contributed by atoms with Gasteiger partial charge in [-0.3, -0.25) is 9.69 Å². The minimum atomic E-state index is 0.0200. The van der Waals surface area contributed by atoms with Gasteiger partial charge in [0.1, 0.15) is 5.75 Å². The molecule has 25 heavy (non-hydrogen) atoms. The molecule has 1 heterocycles. The molecule has 1 amide bonds. The zero-order valence-electron chi connectivity index (χ0n) is 14.9. The highest BCUT2D eigenvalue weighted by Gasteiger charge is 2.28. The van der Waals surface area contributed by atoms with Crippen molar-refractivity contribution < 1.29 is 9.53 Å². The van der Waals surface area contributed by atoms with Gasteiger partial charge in [0, 0.05) is 6.04 Å². The number of carbonyl (C=O) groups excluding carboxylic acids is 1. The summed E-state index contributed by atoms with van der Waals surface area (Å²) in [5, 5.41) is 3.11. The molecule has 3 rings (SSSR count). The summed E-state index contributed by atoms with van der Waals surface area (Å²) < 4.78 is 5.33. The first-order chi connectivity index (χ1) is 12.2. The predicted octanol–water partition coefficient (Wildman–Crippen LogP) is 3.71. The number of nitrogens with zero attached hydrogens (tertiary/aromatic N) is 1. The Morgan fingerprint density at radius 3 is 2.80 bits per heavy atom. The van der Waals surface area contributed by atoms with E-state index in [1.807, 2.05) is 49.4 Å². The molecule has 0 bridgehead atoms. The number of nitrogens with one attached hydrogen (secondary N) is 1. The van der Waals surface area contributed by atoms with Crippen LogP contribution in [0, 0.1) is 0 Å². The molecule has 2 unspecified atom stereocenters. The summed E-state index contributed by atoms with van der Waals surface area (Å²) >= 11 is 0. The maximum absolute atomic E-state index is 12.5. The average Bonchev–Trinajstić information content (AvgIpc) is 3.10. The molecular weight excluding hydrogens is 312 g/mol. The van der Waals surface area contributed by atoms with Crippen molar-refractivity contribution in [1.82, 2.24) is 10.2 Å². The van der Waals surface area contributed by atoms with Gasteiger partial charge in [0.25, 0.3) is 0 Å². The van der Waals surface area contributed by atoms with Crippen molar-refractivity contribution in [2.75, 3.05) is 20.2 Å². The van der Waals surface area contributed by atoms with Crippen LogP contribution in [0.2, 0.25) is 0 Å². The van der Waals surface area contributed by atoms with Gasteiger partial charge < -0.3 is 10.1 Å². The molecule has 1 N–H and O–H groups in total. The van der Waals surface area contributed by atoms with Gasteiger partial charge in [0.05, 0.1) is 19.7 Å². The number of likely N-dealkylation sites (tertiary alicyclic amines) is 1. The molecule has 132 valence electrons. The Hall–Kier alpha value is -2.33. The Balaban J connectivity index is 1.62. The van der Waals surface area contributed by atoms with Crippen molar-refractivity contribution in [1.29, 1.82) is 0 Å². The smallest absolute Gasteiger partial charge is 0.234 e. The lowest BCUT2D eigenvalue weighted by Gasteiger charge is -2.25. The molecule has 0 aromatic heterocycles. The van der Waals surface area contributed by atoms with E-state index in [-0.39, 0.29) is 18.0 Å². The topological polar surface area (TPSA) is 41.6 Å². The van der Waals surface area contributed by atoms with Gasteiger partial charge in [0.15, 0.2) is 0 Å². The zero-order valence-corrected chi connectivity index (χ0v) is 14.9. The Kier molecular flexibility index (Phi) is 5.71. The van der Waals surface area contributed by atoms with Crippen molar-refractivity contribution in [3.8, 4) is 5.75 Å². The van der Waals surface area contributed by atoms with Gasteiger partial charge in [-0.1, -0.05) is 42.5 Å². The molecule has 0 aliphatic carbocycles.